The van der Waals surface area contributed by atoms with E-state index in [-0.39, 0.29) is 6.04 Å². The molecule has 1 unspecified atom stereocenters. The lowest BCUT2D eigenvalue weighted by Crippen LogP contribution is -2.36. The van der Waals surface area contributed by atoms with Gasteiger partial charge in [-0.3, -0.25) is 4.99 Å². The first-order chi connectivity index (χ1) is 9.65. The Morgan fingerprint density at radius 3 is 2.65 bits per heavy atom. The minimum Gasteiger partial charge on any atom is -0.369 e. The normalized spacial score (nSPS) is 18.2. The average Bonchev–Trinajstić information content (AvgIpc) is 2.82. The van der Waals surface area contributed by atoms with Gasteiger partial charge in [-0.2, -0.15) is 0 Å². The maximum Gasteiger partial charge on any atom is 0.196 e. The summed E-state index contributed by atoms with van der Waals surface area (Å²) in [4.78, 5) is 6.51. The molecule has 4 heteroatoms. The highest BCUT2D eigenvalue weighted by atomic mass is 79.9. The minimum absolute atomic E-state index is 0.162. The van der Waals surface area contributed by atoms with Crippen molar-refractivity contribution in [1.29, 1.82) is 0 Å². The summed E-state index contributed by atoms with van der Waals surface area (Å²) < 4.78 is 1.07. The second kappa shape index (κ2) is 5.29. The van der Waals surface area contributed by atoms with Gasteiger partial charge in [-0.25, -0.2) is 0 Å². The Labute approximate surface area is 127 Å². The van der Waals surface area contributed by atoms with Crippen LogP contribution in [-0.4, -0.2) is 12.5 Å². The van der Waals surface area contributed by atoms with Crippen molar-refractivity contribution in [2.24, 2.45) is 10.7 Å². The van der Waals surface area contributed by atoms with E-state index < -0.39 is 0 Å². The second-order valence-corrected chi connectivity index (χ2v) is 5.89. The fourth-order valence-electron chi connectivity index (χ4n) is 2.48. The van der Waals surface area contributed by atoms with Crippen molar-refractivity contribution in [3.8, 4) is 0 Å². The van der Waals surface area contributed by atoms with Gasteiger partial charge in [0, 0.05) is 10.2 Å². The molecule has 1 atom stereocenters. The van der Waals surface area contributed by atoms with Crippen molar-refractivity contribution in [3.63, 3.8) is 0 Å². The van der Waals surface area contributed by atoms with E-state index in [4.69, 9.17) is 5.73 Å². The molecule has 2 aromatic carbocycles. The summed E-state index contributed by atoms with van der Waals surface area (Å²) in [7, 11) is 0. The number of nitrogens with zero attached hydrogens (tertiary/aromatic N) is 2. The van der Waals surface area contributed by atoms with Crippen LogP contribution in [0.25, 0.3) is 0 Å². The van der Waals surface area contributed by atoms with Gasteiger partial charge in [-0.05, 0) is 36.8 Å². The van der Waals surface area contributed by atoms with Crippen LogP contribution in [0.1, 0.15) is 17.2 Å². The first-order valence-corrected chi connectivity index (χ1v) is 7.36. The summed E-state index contributed by atoms with van der Waals surface area (Å²) in [6, 6.07) is 16.8. The molecule has 1 heterocycles. The molecule has 2 N–H and O–H groups in total. The van der Waals surface area contributed by atoms with E-state index in [9.17, 15) is 0 Å². The summed E-state index contributed by atoms with van der Waals surface area (Å²) in [6.07, 6.45) is 0. The van der Waals surface area contributed by atoms with Gasteiger partial charge in [0.25, 0.3) is 0 Å². The third-order valence-electron chi connectivity index (χ3n) is 3.53. The highest BCUT2D eigenvalue weighted by molar-refractivity contribution is 9.10. The highest BCUT2D eigenvalue weighted by Crippen LogP contribution is 2.32. The van der Waals surface area contributed by atoms with Crippen molar-refractivity contribution >= 4 is 27.6 Å². The lowest BCUT2D eigenvalue weighted by molar-refractivity contribution is 0.768. The van der Waals surface area contributed by atoms with Crippen molar-refractivity contribution in [1.82, 2.24) is 0 Å². The maximum absolute atomic E-state index is 6.08. The van der Waals surface area contributed by atoms with E-state index in [0.29, 0.717) is 12.5 Å². The number of hydrogen-bond acceptors (Lipinski definition) is 3. The van der Waals surface area contributed by atoms with Crippen molar-refractivity contribution in [3.05, 3.63) is 64.1 Å². The molecule has 0 spiro atoms. The zero-order valence-electron chi connectivity index (χ0n) is 11.3. The predicted molar refractivity (Wildman–Crippen MR) is 87.0 cm³/mol. The molecule has 0 bridgehead atoms. The molecule has 3 rings (SSSR count). The highest BCUT2D eigenvalue weighted by Gasteiger charge is 2.28. The number of aliphatic imine (C=N–C) groups is 1. The molecule has 0 saturated heterocycles. The number of hydrogen-bond donors (Lipinski definition) is 1. The molecule has 1 aliphatic heterocycles. The number of benzene rings is 2. The van der Waals surface area contributed by atoms with Gasteiger partial charge in [-0.1, -0.05) is 45.8 Å². The van der Waals surface area contributed by atoms with E-state index in [0.717, 1.165) is 10.2 Å². The average molecular weight is 330 g/mol. The van der Waals surface area contributed by atoms with Gasteiger partial charge in [0.15, 0.2) is 5.96 Å². The van der Waals surface area contributed by atoms with Gasteiger partial charge in [0.2, 0.25) is 0 Å². The molecule has 0 fully saturated rings. The second-order valence-electron chi connectivity index (χ2n) is 4.98. The zero-order valence-corrected chi connectivity index (χ0v) is 12.8. The fraction of sp³-hybridized carbons (Fsp3) is 0.188. The van der Waals surface area contributed by atoms with E-state index in [1.165, 1.54) is 11.1 Å². The molecule has 0 aromatic heterocycles. The number of guanidine groups is 1. The molecule has 3 nitrogen and oxygen atoms in total. The summed E-state index contributed by atoms with van der Waals surface area (Å²) in [6.45, 7) is 2.77. The molecule has 0 aliphatic carbocycles. The number of halogens is 1. The monoisotopic (exact) mass is 329 g/mol. The largest absolute Gasteiger partial charge is 0.369 e. The van der Waals surface area contributed by atoms with E-state index >= 15 is 0 Å². The van der Waals surface area contributed by atoms with Crippen LogP contribution in [0.5, 0.6) is 0 Å². The molecule has 102 valence electrons. The summed E-state index contributed by atoms with van der Waals surface area (Å²) in [5, 5.41) is 0. The lowest BCUT2D eigenvalue weighted by atomic mass is 10.1. The number of rotatable bonds is 2. The Balaban J connectivity index is 1.98. The van der Waals surface area contributed by atoms with Gasteiger partial charge in [-0.15, -0.1) is 0 Å². The minimum atomic E-state index is 0.162. The van der Waals surface area contributed by atoms with Crippen LogP contribution < -0.4 is 10.6 Å². The predicted octanol–water partition coefficient (Wildman–Crippen LogP) is 3.63. The quantitative estimate of drug-likeness (QED) is 0.913. The molecule has 1 aliphatic rings. The Morgan fingerprint density at radius 1 is 1.20 bits per heavy atom. The van der Waals surface area contributed by atoms with Crippen molar-refractivity contribution in [2.75, 3.05) is 11.4 Å². The van der Waals surface area contributed by atoms with Gasteiger partial charge in [0.05, 0.1) is 12.6 Å². The molecular formula is C16H16BrN3. The maximum atomic E-state index is 6.08. The Hall–Kier alpha value is -1.81. The van der Waals surface area contributed by atoms with Crippen LogP contribution in [0.2, 0.25) is 0 Å². The van der Waals surface area contributed by atoms with Crippen LogP contribution >= 0.6 is 15.9 Å². The van der Waals surface area contributed by atoms with Crippen LogP contribution in [0, 0.1) is 6.92 Å². The first-order valence-electron chi connectivity index (χ1n) is 6.56. The smallest absolute Gasteiger partial charge is 0.196 e. The van der Waals surface area contributed by atoms with Gasteiger partial charge in [0.1, 0.15) is 0 Å². The number of aryl methyl sites for hydroxylation is 1. The van der Waals surface area contributed by atoms with Crippen LogP contribution in [0.3, 0.4) is 0 Å². The number of anilines is 1. The standard InChI is InChI=1S/C16H16BrN3/c1-11-5-7-14(8-6-11)20-15(10-19-16(20)18)12-3-2-4-13(17)9-12/h2-9,15H,10H2,1H3,(H2,18,19). The topological polar surface area (TPSA) is 41.6 Å². The molecule has 0 saturated carbocycles. The van der Waals surface area contributed by atoms with Gasteiger partial charge < -0.3 is 10.6 Å². The Kier molecular flexibility index (Phi) is 3.49. The molecule has 0 amide bonds. The Morgan fingerprint density at radius 2 is 1.95 bits per heavy atom. The molecule has 2 aromatic rings. The molecular weight excluding hydrogens is 314 g/mol. The first kappa shape index (κ1) is 13.2. The molecule has 20 heavy (non-hydrogen) atoms. The lowest BCUT2D eigenvalue weighted by Gasteiger charge is -2.27. The fourth-order valence-corrected chi connectivity index (χ4v) is 2.90. The van der Waals surface area contributed by atoms with Crippen LogP contribution in [0.4, 0.5) is 5.69 Å². The molecule has 0 radical (unpaired) electrons. The third kappa shape index (κ3) is 2.43. The van der Waals surface area contributed by atoms with Crippen molar-refractivity contribution < 1.29 is 0 Å². The third-order valence-corrected chi connectivity index (χ3v) is 4.02. The van der Waals surface area contributed by atoms with E-state index in [1.807, 2.05) is 12.1 Å². The van der Waals surface area contributed by atoms with Crippen molar-refractivity contribution in [2.45, 2.75) is 13.0 Å². The summed E-state index contributed by atoms with van der Waals surface area (Å²) in [5.74, 6) is 0.582. The summed E-state index contributed by atoms with van der Waals surface area (Å²) in [5.41, 5.74) is 9.61. The van der Waals surface area contributed by atoms with E-state index in [2.05, 4.69) is 69.1 Å². The Bertz CT molecular complexity index is 649. The zero-order chi connectivity index (χ0) is 14.1. The van der Waals surface area contributed by atoms with E-state index in [1.54, 1.807) is 0 Å². The SMILES string of the molecule is Cc1ccc(N2C(N)=NCC2c2cccc(Br)c2)cc1. The number of nitrogens with two attached hydrogens (primary N) is 1. The van der Waals surface area contributed by atoms with Crippen LogP contribution in [0.15, 0.2) is 58.0 Å². The summed E-state index contributed by atoms with van der Waals surface area (Å²) >= 11 is 3.52. The van der Waals surface area contributed by atoms with Crippen LogP contribution in [-0.2, 0) is 0 Å². The van der Waals surface area contributed by atoms with Gasteiger partial charge >= 0.3 is 0 Å².